The summed E-state index contributed by atoms with van der Waals surface area (Å²) in [5, 5.41) is 3.77. The molecule has 0 radical (unpaired) electrons. The Hall–Kier alpha value is -0.0800. The first-order valence-electron chi connectivity index (χ1n) is 6.27. The van der Waals surface area contributed by atoms with Gasteiger partial charge in [-0.3, -0.25) is 0 Å². The summed E-state index contributed by atoms with van der Waals surface area (Å²) in [7, 11) is 0. The quantitative estimate of drug-likeness (QED) is 0.725. The molecule has 0 aromatic heterocycles. The SMILES string of the molecule is CC(NC1CCCC(N)C1)C1CCC1. The highest BCUT2D eigenvalue weighted by Gasteiger charge is 2.27. The van der Waals surface area contributed by atoms with E-state index in [0.29, 0.717) is 12.1 Å². The van der Waals surface area contributed by atoms with Gasteiger partial charge in [-0.15, -0.1) is 0 Å². The van der Waals surface area contributed by atoms with Crippen molar-refractivity contribution in [3.8, 4) is 0 Å². The van der Waals surface area contributed by atoms with Crippen molar-refractivity contribution in [1.82, 2.24) is 5.32 Å². The van der Waals surface area contributed by atoms with E-state index in [4.69, 9.17) is 5.73 Å². The normalized spacial score (nSPS) is 36.4. The maximum atomic E-state index is 5.98. The average molecular weight is 196 g/mol. The Morgan fingerprint density at radius 3 is 2.43 bits per heavy atom. The highest BCUT2D eigenvalue weighted by atomic mass is 15.0. The summed E-state index contributed by atoms with van der Waals surface area (Å²) >= 11 is 0. The van der Waals surface area contributed by atoms with Gasteiger partial charge in [-0.05, 0) is 44.9 Å². The van der Waals surface area contributed by atoms with Crippen LogP contribution in [0.5, 0.6) is 0 Å². The van der Waals surface area contributed by atoms with Gasteiger partial charge in [0.05, 0.1) is 0 Å². The van der Waals surface area contributed by atoms with Crippen LogP contribution in [0.15, 0.2) is 0 Å². The lowest BCUT2D eigenvalue weighted by Gasteiger charge is -2.37. The zero-order valence-electron chi connectivity index (χ0n) is 9.34. The molecule has 3 unspecified atom stereocenters. The predicted octanol–water partition coefficient (Wildman–Crippen LogP) is 2.03. The van der Waals surface area contributed by atoms with Gasteiger partial charge < -0.3 is 11.1 Å². The van der Waals surface area contributed by atoms with Crippen molar-refractivity contribution in [2.45, 2.75) is 70.0 Å². The van der Waals surface area contributed by atoms with E-state index in [1.54, 1.807) is 0 Å². The molecule has 14 heavy (non-hydrogen) atoms. The maximum Gasteiger partial charge on any atom is 0.00843 e. The molecule has 3 atom stereocenters. The van der Waals surface area contributed by atoms with Crippen LogP contribution < -0.4 is 11.1 Å². The summed E-state index contributed by atoms with van der Waals surface area (Å²) in [4.78, 5) is 0. The molecular formula is C12H24N2. The summed E-state index contributed by atoms with van der Waals surface area (Å²) in [5.74, 6) is 0.952. The van der Waals surface area contributed by atoms with Crippen molar-refractivity contribution >= 4 is 0 Å². The molecule has 0 aromatic carbocycles. The van der Waals surface area contributed by atoms with Crippen LogP contribution in [-0.4, -0.2) is 18.1 Å². The minimum atomic E-state index is 0.454. The monoisotopic (exact) mass is 196 g/mol. The first kappa shape index (κ1) is 10.4. The van der Waals surface area contributed by atoms with Gasteiger partial charge in [-0.1, -0.05) is 12.8 Å². The Bertz CT molecular complexity index is 177. The van der Waals surface area contributed by atoms with E-state index in [9.17, 15) is 0 Å². The van der Waals surface area contributed by atoms with Gasteiger partial charge in [0.2, 0.25) is 0 Å². The fourth-order valence-corrected chi connectivity index (χ4v) is 2.83. The van der Waals surface area contributed by atoms with E-state index >= 15 is 0 Å². The minimum Gasteiger partial charge on any atom is -0.328 e. The second kappa shape index (κ2) is 4.63. The van der Waals surface area contributed by atoms with Crippen molar-refractivity contribution in [2.75, 3.05) is 0 Å². The molecule has 2 saturated carbocycles. The van der Waals surface area contributed by atoms with Crippen LogP contribution in [0.1, 0.15) is 51.9 Å². The summed E-state index contributed by atoms with van der Waals surface area (Å²) in [6.07, 6.45) is 9.40. The Morgan fingerprint density at radius 1 is 1.14 bits per heavy atom. The van der Waals surface area contributed by atoms with Crippen molar-refractivity contribution in [2.24, 2.45) is 11.7 Å². The van der Waals surface area contributed by atoms with Gasteiger partial charge in [-0.25, -0.2) is 0 Å². The van der Waals surface area contributed by atoms with Crippen LogP contribution in [0.4, 0.5) is 0 Å². The molecular weight excluding hydrogens is 172 g/mol. The van der Waals surface area contributed by atoms with E-state index in [-0.39, 0.29) is 0 Å². The van der Waals surface area contributed by atoms with Crippen LogP contribution in [-0.2, 0) is 0 Å². The molecule has 2 heteroatoms. The predicted molar refractivity (Wildman–Crippen MR) is 60.2 cm³/mol. The molecule has 2 fully saturated rings. The molecule has 82 valence electrons. The lowest BCUT2D eigenvalue weighted by atomic mass is 9.79. The Kier molecular flexibility index (Phi) is 3.45. The molecule has 2 rings (SSSR count). The fourth-order valence-electron chi connectivity index (χ4n) is 2.83. The molecule has 0 spiro atoms. The average Bonchev–Trinajstić information content (AvgIpc) is 1.99. The third kappa shape index (κ3) is 2.48. The third-order valence-corrected chi connectivity index (χ3v) is 4.07. The Balaban J connectivity index is 1.72. The maximum absolute atomic E-state index is 5.98. The number of nitrogens with two attached hydrogens (primary N) is 1. The summed E-state index contributed by atoms with van der Waals surface area (Å²) in [6, 6.07) is 1.88. The third-order valence-electron chi connectivity index (χ3n) is 4.07. The second-order valence-corrected chi connectivity index (χ2v) is 5.27. The topological polar surface area (TPSA) is 38.0 Å². The van der Waals surface area contributed by atoms with E-state index < -0.39 is 0 Å². The van der Waals surface area contributed by atoms with Crippen LogP contribution in [0, 0.1) is 5.92 Å². The molecule has 2 nitrogen and oxygen atoms in total. The molecule has 2 aliphatic rings. The number of nitrogens with one attached hydrogen (secondary N) is 1. The highest BCUT2D eigenvalue weighted by molar-refractivity contribution is 4.86. The van der Waals surface area contributed by atoms with Crippen molar-refractivity contribution in [1.29, 1.82) is 0 Å². The van der Waals surface area contributed by atoms with E-state index in [1.807, 2.05) is 0 Å². The van der Waals surface area contributed by atoms with Crippen molar-refractivity contribution < 1.29 is 0 Å². The van der Waals surface area contributed by atoms with Crippen LogP contribution in [0.2, 0.25) is 0 Å². The van der Waals surface area contributed by atoms with Crippen LogP contribution in [0.25, 0.3) is 0 Å². The molecule has 2 aliphatic carbocycles. The lowest BCUT2D eigenvalue weighted by Crippen LogP contribution is -2.47. The first-order valence-corrected chi connectivity index (χ1v) is 6.27. The van der Waals surface area contributed by atoms with Gasteiger partial charge in [0.1, 0.15) is 0 Å². The number of hydrogen-bond acceptors (Lipinski definition) is 2. The minimum absolute atomic E-state index is 0.454. The zero-order valence-corrected chi connectivity index (χ0v) is 9.34. The van der Waals surface area contributed by atoms with Crippen LogP contribution >= 0.6 is 0 Å². The Morgan fingerprint density at radius 2 is 1.86 bits per heavy atom. The van der Waals surface area contributed by atoms with E-state index in [1.165, 1.54) is 44.9 Å². The van der Waals surface area contributed by atoms with Gasteiger partial charge in [0.15, 0.2) is 0 Å². The summed E-state index contributed by atoms with van der Waals surface area (Å²) < 4.78 is 0. The van der Waals surface area contributed by atoms with Crippen molar-refractivity contribution in [3.63, 3.8) is 0 Å². The highest BCUT2D eigenvalue weighted by Crippen LogP contribution is 2.30. The Labute approximate surface area is 87.6 Å². The van der Waals surface area contributed by atoms with Gasteiger partial charge in [0, 0.05) is 18.1 Å². The molecule has 0 bridgehead atoms. The first-order chi connectivity index (χ1) is 6.75. The van der Waals surface area contributed by atoms with Gasteiger partial charge in [-0.2, -0.15) is 0 Å². The fraction of sp³-hybridized carbons (Fsp3) is 1.00. The zero-order chi connectivity index (χ0) is 9.97. The van der Waals surface area contributed by atoms with Gasteiger partial charge >= 0.3 is 0 Å². The van der Waals surface area contributed by atoms with Crippen LogP contribution in [0.3, 0.4) is 0 Å². The molecule has 0 saturated heterocycles. The van der Waals surface area contributed by atoms with Gasteiger partial charge in [0.25, 0.3) is 0 Å². The molecule has 0 aliphatic heterocycles. The van der Waals surface area contributed by atoms with Crippen molar-refractivity contribution in [3.05, 3.63) is 0 Å². The molecule has 0 heterocycles. The summed E-state index contributed by atoms with van der Waals surface area (Å²) in [5.41, 5.74) is 5.98. The molecule has 0 amide bonds. The molecule has 0 aromatic rings. The largest absolute Gasteiger partial charge is 0.328 e. The standard InChI is InChI=1S/C12H24N2/c1-9(10-4-2-5-10)14-12-7-3-6-11(13)8-12/h9-12,14H,2-8,13H2,1H3. The molecule has 3 N–H and O–H groups in total. The smallest absolute Gasteiger partial charge is 0.00843 e. The summed E-state index contributed by atoms with van der Waals surface area (Å²) in [6.45, 7) is 2.35. The number of rotatable bonds is 3. The van der Waals surface area contributed by atoms with E-state index in [2.05, 4.69) is 12.2 Å². The lowest BCUT2D eigenvalue weighted by molar-refractivity contribution is 0.207. The number of hydrogen-bond donors (Lipinski definition) is 2. The second-order valence-electron chi connectivity index (χ2n) is 5.27. The van der Waals surface area contributed by atoms with E-state index in [0.717, 1.165) is 12.0 Å².